The fraction of sp³-hybridized carbons (Fsp3) is 0.263. The third-order valence-corrected chi connectivity index (χ3v) is 3.98. The Hall–Kier alpha value is -2.86. The maximum Gasteiger partial charge on any atom is 0.328 e. The highest BCUT2D eigenvalue weighted by Crippen LogP contribution is 2.16. The molecule has 0 aliphatic rings. The lowest BCUT2D eigenvalue weighted by Gasteiger charge is -2.09. The average molecular weight is 340 g/mol. The molecule has 0 bridgehead atoms. The predicted molar refractivity (Wildman–Crippen MR) is 96.3 cm³/mol. The van der Waals surface area contributed by atoms with E-state index in [1.165, 1.54) is 4.57 Å². The number of methoxy groups -OCH3 is 1. The first-order chi connectivity index (χ1) is 12.2. The molecule has 0 saturated heterocycles. The van der Waals surface area contributed by atoms with Crippen molar-refractivity contribution in [3.05, 3.63) is 74.9 Å². The minimum atomic E-state index is -0.401. The molecule has 0 aliphatic carbocycles. The van der Waals surface area contributed by atoms with E-state index in [1.807, 2.05) is 30.3 Å². The zero-order chi connectivity index (χ0) is 17.6. The molecule has 6 heteroatoms. The highest BCUT2D eigenvalue weighted by molar-refractivity contribution is 5.78. The van der Waals surface area contributed by atoms with Crippen LogP contribution in [0.5, 0.6) is 5.75 Å². The van der Waals surface area contributed by atoms with E-state index in [0.29, 0.717) is 42.8 Å². The largest absolute Gasteiger partial charge is 0.491 e. The van der Waals surface area contributed by atoms with Gasteiger partial charge in [-0.15, -0.1) is 0 Å². The summed E-state index contributed by atoms with van der Waals surface area (Å²) in [6.45, 7) is 1.18. The molecule has 1 N–H and O–H groups in total. The molecule has 1 aromatic heterocycles. The molecule has 130 valence electrons. The lowest BCUT2D eigenvalue weighted by molar-refractivity contribution is 0.146. The second-order valence-electron chi connectivity index (χ2n) is 5.67. The lowest BCUT2D eigenvalue weighted by Crippen LogP contribution is -2.35. The highest BCUT2D eigenvalue weighted by atomic mass is 16.5. The fourth-order valence-corrected chi connectivity index (χ4v) is 2.65. The summed E-state index contributed by atoms with van der Waals surface area (Å²) in [4.78, 5) is 27.7. The van der Waals surface area contributed by atoms with Crippen LogP contribution >= 0.6 is 0 Å². The molecule has 0 amide bonds. The molecule has 25 heavy (non-hydrogen) atoms. The second-order valence-corrected chi connectivity index (χ2v) is 5.67. The Labute approximate surface area is 144 Å². The Morgan fingerprint density at radius 1 is 1.04 bits per heavy atom. The molecule has 2 aromatic carbocycles. The predicted octanol–water partition coefficient (Wildman–Crippen LogP) is 1.96. The molecular weight excluding hydrogens is 320 g/mol. The normalized spacial score (nSPS) is 10.9. The molecule has 0 spiro atoms. The van der Waals surface area contributed by atoms with Gasteiger partial charge in [0.25, 0.3) is 5.56 Å². The van der Waals surface area contributed by atoms with Crippen LogP contribution in [-0.2, 0) is 17.7 Å². The van der Waals surface area contributed by atoms with Crippen molar-refractivity contribution < 1.29 is 9.47 Å². The quantitative estimate of drug-likeness (QED) is 0.667. The van der Waals surface area contributed by atoms with Gasteiger partial charge in [-0.05, 0) is 30.2 Å². The van der Waals surface area contributed by atoms with Gasteiger partial charge in [0, 0.05) is 13.7 Å². The Morgan fingerprint density at radius 2 is 1.84 bits per heavy atom. The summed E-state index contributed by atoms with van der Waals surface area (Å²) in [7, 11) is 1.60. The monoisotopic (exact) mass is 340 g/mol. The van der Waals surface area contributed by atoms with Crippen molar-refractivity contribution in [3.8, 4) is 5.75 Å². The van der Waals surface area contributed by atoms with Crippen molar-refractivity contribution in [1.29, 1.82) is 0 Å². The van der Waals surface area contributed by atoms with Crippen LogP contribution in [0.25, 0.3) is 10.9 Å². The molecule has 0 fully saturated rings. The van der Waals surface area contributed by atoms with E-state index >= 15 is 0 Å². The molecule has 6 nitrogen and oxygen atoms in total. The van der Waals surface area contributed by atoms with Gasteiger partial charge in [-0.2, -0.15) is 0 Å². The molecule has 0 radical (unpaired) electrons. The number of benzene rings is 2. The van der Waals surface area contributed by atoms with Crippen LogP contribution in [0.2, 0.25) is 0 Å². The van der Waals surface area contributed by atoms with Crippen LogP contribution < -0.4 is 16.0 Å². The lowest BCUT2D eigenvalue weighted by atomic mass is 10.1. The number of nitrogens with one attached hydrogen (secondary N) is 1. The number of H-pyrrole nitrogens is 1. The van der Waals surface area contributed by atoms with E-state index < -0.39 is 5.69 Å². The van der Waals surface area contributed by atoms with Crippen molar-refractivity contribution >= 4 is 10.9 Å². The Balaban J connectivity index is 1.90. The molecule has 0 atom stereocenters. The van der Waals surface area contributed by atoms with Crippen molar-refractivity contribution in [3.63, 3.8) is 0 Å². The van der Waals surface area contributed by atoms with Crippen LogP contribution in [0.15, 0.2) is 58.1 Å². The summed E-state index contributed by atoms with van der Waals surface area (Å²) < 4.78 is 11.7. The van der Waals surface area contributed by atoms with Gasteiger partial charge in [0.05, 0.1) is 17.5 Å². The maximum atomic E-state index is 12.7. The summed E-state index contributed by atoms with van der Waals surface area (Å²) >= 11 is 0. The molecule has 0 unspecified atom stereocenters. The van der Waals surface area contributed by atoms with Gasteiger partial charge in [0.15, 0.2) is 0 Å². The standard InChI is InChI=1S/C19H20N2O4/c1-24-11-12-25-15-7-8-17-16(13-15)18(22)21(19(23)20-17)10-9-14-5-3-2-4-6-14/h2-8,13H,9-12H2,1H3,(H,20,23). The van der Waals surface area contributed by atoms with E-state index in [2.05, 4.69) is 4.98 Å². The first kappa shape index (κ1) is 17.0. The van der Waals surface area contributed by atoms with Gasteiger partial charge in [-0.1, -0.05) is 30.3 Å². The Kier molecular flexibility index (Phi) is 5.30. The number of aryl methyl sites for hydroxylation is 1. The third-order valence-electron chi connectivity index (χ3n) is 3.98. The molecule has 3 rings (SSSR count). The number of ether oxygens (including phenoxy) is 2. The third kappa shape index (κ3) is 3.97. The molecular formula is C19H20N2O4. The maximum absolute atomic E-state index is 12.7. The second kappa shape index (κ2) is 7.81. The summed E-state index contributed by atoms with van der Waals surface area (Å²) in [5.41, 5.74) is 0.865. The number of fused-ring (bicyclic) bond motifs is 1. The number of hydrogen-bond donors (Lipinski definition) is 1. The van der Waals surface area contributed by atoms with Gasteiger partial charge in [0.2, 0.25) is 0 Å². The summed E-state index contributed by atoms with van der Waals surface area (Å²) in [5.74, 6) is 0.573. The van der Waals surface area contributed by atoms with E-state index in [4.69, 9.17) is 9.47 Å². The van der Waals surface area contributed by atoms with Crippen molar-refractivity contribution in [2.45, 2.75) is 13.0 Å². The van der Waals surface area contributed by atoms with E-state index in [-0.39, 0.29) is 5.56 Å². The Morgan fingerprint density at radius 3 is 2.60 bits per heavy atom. The Bertz CT molecular complexity index is 961. The van der Waals surface area contributed by atoms with Crippen molar-refractivity contribution in [2.75, 3.05) is 20.3 Å². The summed E-state index contributed by atoms with van der Waals surface area (Å²) in [5, 5.41) is 0.433. The topological polar surface area (TPSA) is 73.3 Å². The van der Waals surface area contributed by atoms with Crippen molar-refractivity contribution in [1.82, 2.24) is 9.55 Å². The van der Waals surface area contributed by atoms with Gasteiger partial charge in [-0.25, -0.2) is 4.79 Å². The number of hydrogen-bond acceptors (Lipinski definition) is 4. The number of aromatic amines is 1. The van der Waals surface area contributed by atoms with E-state index in [9.17, 15) is 9.59 Å². The van der Waals surface area contributed by atoms with Gasteiger partial charge in [-0.3, -0.25) is 9.36 Å². The van der Waals surface area contributed by atoms with Gasteiger partial charge < -0.3 is 14.5 Å². The van der Waals surface area contributed by atoms with E-state index in [0.717, 1.165) is 5.56 Å². The first-order valence-electron chi connectivity index (χ1n) is 8.11. The minimum Gasteiger partial charge on any atom is -0.491 e. The first-order valence-corrected chi connectivity index (χ1v) is 8.11. The zero-order valence-corrected chi connectivity index (χ0v) is 14.0. The van der Waals surface area contributed by atoms with Gasteiger partial charge in [0.1, 0.15) is 12.4 Å². The highest BCUT2D eigenvalue weighted by Gasteiger charge is 2.09. The number of nitrogens with zero attached hydrogens (tertiary/aromatic N) is 1. The smallest absolute Gasteiger partial charge is 0.328 e. The SMILES string of the molecule is COCCOc1ccc2[nH]c(=O)n(CCc3ccccc3)c(=O)c2c1. The van der Waals surface area contributed by atoms with Gasteiger partial charge >= 0.3 is 5.69 Å². The fourth-order valence-electron chi connectivity index (χ4n) is 2.65. The molecule has 1 heterocycles. The van der Waals surface area contributed by atoms with E-state index in [1.54, 1.807) is 25.3 Å². The van der Waals surface area contributed by atoms with Crippen molar-refractivity contribution in [2.24, 2.45) is 0 Å². The van der Waals surface area contributed by atoms with Crippen LogP contribution in [0.3, 0.4) is 0 Å². The summed E-state index contributed by atoms with van der Waals surface area (Å²) in [6.07, 6.45) is 0.610. The van der Waals surface area contributed by atoms with Crippen LogP contribution in [0.4, 0.5) is 0 Å². The number of rotatable bonds is 7. The van der Waals surface area contributed by atoms with Crippen LogP contribution in [0, 0.1) is 0 Å². The minimum absolute atomic E-state index is 0.313. The van der Waals surface area contributed by atoms with Crippen LogP contribution in [-0.4, -0.2) is 29.9 Å². The molecule has 0 saturated carbocycles. The molecule has 3 aromatic rings. The summed E-state index contributed by atoms with van der Waals surface area (Å²) in [6, 6.07) is 14.8. The van der Waals surface area contributed by atoms with Crippen LogP contribution in [0.1, 0.15) is 5.56 Å². The number of aromatic nitrogens is 2. The zero-order valence-electron chi connectivity index (χ0n) is 14.0. The average Bonchev–Trinajstić information content (AvgIpc) is 2.63. The molecule has 0 aliphatic heterocycles.